The van der Waals surface area contributed by atoms with E-state index in [0.717, 1.165) is 12.1 Å². The number of carbonyl (C=O) groups is 1. The molecule has 0 aliphatic heterocycles. The molecule has 106 valence electrons. The molecule has 0 unspecified atom stereocenters. The predicted molar refractivity (Wildman–Crippen MR) is 64.2 cm³/mol. The third kappa shape index (κ3) is 5.09. The highest BCUT2D eigenvalue weighted by Crippen LogP contribution is 2.21. The molecule has 0 aliphatic rings. The normalized spacial score (nSPS) is 11.2. The minimum Gasteiger partial charge on any atom is -0.503 e. The van der Waals surface area contributed by atoms with Crippen LogP contribution in [0.2, 0.25) is 0 Å². The standard InChI is InChI=1S/C12H16F2N2O3/c1-12(2,3)19-11(18)16-15-6-7-4-8(13)10(17)9(14)5-7/h4-5,15,17H,6H2,1-3H3,(H,16,18). The molecule has 1 rings (SSSR count). The van der Waals surface area contributed by atoms with Crippen molar-refractivity contribution in [1.82, 2.24) is 10.9 Å². The number of carbonyl (C=O) groups excluding carboxylic acids is 1. The van der Waals surface area contributed by atoms with Crippen LogP contribution in [-0.4, -0.2) is 16.8 Å². The number of nitrogens with one attached hydrogen (secondary N) is 2. The van der Waals surface area contributed by atoms with Crippen LogP contribution in [0.1, 0.15) is 26.3 Å². The van der Waals surface area contributed by atoms with Crippen LogP contribution in [0.3, 0.4) is 0 Å². The largest absolute Gasteiger partial charge is 0.503 e. The van der Waals surface area contributed by atoms with E-state index in [1.54, 1.807) is 20.8 Å². The van der Waals surface area contributed by atoms with E-state index in [1.165, 1.54) is 0 Å². The first-order valence-corrected chi connectivity index (χ1v) is 5.58. The van der Waals surface area contributed by atoms with Crippen molar-refractivity contribution in [3.63, 3.8) is 0 Å². The van der Waals surface area contributed by atoms with Crippen LogP contribution in [0.5, 0.6) is 5.75 Å². The zero-order valence-electron chi connectivity index (χ0n) is 10.9. The van der Waals surface area contributed by atoms with Crippen molar-refractivity contribution < 1.29 is 23.4 Å². The second-order valence-electron chi connectivity index (χ2n) is 4.89. The average molecular weight is 274 g/mol. The van der Waals surface area contributed by atoms with Crippen LogP contribution < -0.4 is 10.9 Å². The lowest BCUT2D eigenvalue weighted by molar-refractivity contribution is 0.0497. The number of benzene rings is 1. The Morgan fingerprint density at radius 3 is 2.32 bits per heavy atom. The summed E-state index contributed by atoms with van der Waals surface area (Å²) in [4.78, 5) is 11.3. The summed E-state index contributed by atoms with van der Waals surface area (Å²) in [7, 11) is 0. The van der Waals surface area contributed by atoms with Crippen molar-refractivity contribution in [3.05, 3.63) is 29.3 Å². The second kappa shape index (κ2) is 5.83. The molecule has 5 nitrogen and oxygen atoms in total. The van der Waals surface area contributed by atoms with Crippen LogP contribution in [0.4, 0.5) is 13.6 Å². The highest BCUT2D eigenvalue weighted by molar-refractivity contribution is 5.66. The Morgan fingerprint density at radius 2 is 1.84 bits per heavy atom. The van der Waals surface area contributed by atoms with Crippen molar-refractivity contribution >= 4 is 6.09 Å². The molecule has 0 aliphatic carbocycles. The second-order valence-corrected chi connectivity index (χ2v) is 4.89. The molecule has 0 radical (unpaired) electrons. The Balaban J connectivity index is 2.48. The van der Waals surface area contributed by atoms with Crippen molar-refractivity contribution in [2.75, 3.05) is 0 Å². The number of ether oxygens (including phenoxy) is 1. The molecule has 0 heterocycles. The molecule has 0 bridgehead atoms. The number of hydrogen-bond donors (Lipinski definition) is 3. The first-order chi connectivity index (χ1) is 8.69. The summed E-state index contributed by atoms with van der Waals surface area (Å²) in [6, 6.07) is 1.92. The van der Waals surface area contributed by atoms with Gasteiger partial charge in [-0.15, -0.1) is 0 Å². The summed E-state index contributed by atoms with van der Waals surface area (Å²) in [5.74, 6) is -3.15. The van der Waals surface area contributed by atoms with E-state index in [9.17, 15) is 13.6 Å². The molecule has 0 saturated carbocycles. The molecule has 1 aromatic carbocycles. The lowest BCUT2D eigenvalue weighted by Crippen LogP contribution is -2.40. The molecular formula is C12H16F2N2O3. The molecule has 1 aromatic rings. The first-order valence-electron chi connectivity index (χ1n) is 5.58. The minimum absolute atomic E-state index is 0.0205. The number of halogens is 2. The van der Waals surface area contributed by atoms with E-state index < -0.39 is 29.1 Å². The molecule has 3 N–H and O–H groups in total. The monoisotopic (exact) mass is 274 g/mol. The summed E-state index contributed by atoms with van der Waals surface area (Å²) in [6.45, 7) is 5.10. The summed E-state index contributed by atoms with van der Waals surface area (Å²) < 4.78 is 31.0. The minimum atomic E-state index is -1.06. The van der Waals surface area contributed by atoms with Crippen LogP contribution in [0.15, 0.2) is 12.1 Å². The van der Waals surface area contributed by atoms with Gasteiger partial charge in [0.2, 0.25) is 0 Å². The van der Waals surface area contributed by atoms with Gasteiger partial charge in [0.05, 0.1) is 0 Å². The lowest BCUT2D eigenvalue weighted by atomic mass is 10.2. The van der Waals surface area contributed by atoms with Gasteiger partial charge in [0, 0.05) is 6.54 Å². The van der Waals surface area contributed by atoms with Gasteiger partial charge in [0.25, 0.3) is 0 Å². The molecule has 0 spiro atoms. The predicted octanol–water partition coefficient (Wildman–Crippen LogP) is 2.20. The first kappa shape index (κ1) is 15.2. The maximum absolute atomic E-state index is 13.0. The molecule has 7 heteroatoms. The SMILES string of the molecule is CC(C)(C)OC(=O)NNCc1cc(F)c(O)c(F)c1. The average Bonchev–Trinajstić information content (AvgIpc) is 2.23. The maximum Gasteiger partial charge on any atom is 0.422 e. The van der Waals surface area contributed by atoms with E-state index in [4.69, 9.17) is 9.84 Å². The Kier molecular flexibility index (Phi) is 4.66. The van der Waals surface area contributed by atoms with Crippen molar-refractivity contribution in [3.8, 4) is 5.75 Å². The fourth-order valence-electron chi connectivity index (χ4n) is 1.24. The summed E-state index contributed by atoms with van der Waals surface area (Å²) >= 11 is 0. The van der Waals surface area contributed by atoms with Gasteiger partial charge in [-0.25, -0.2) is 19.0 Å². The van der Waals surface area contributed by atoms with Crippen molar-refractivity contribution in [2.45, 2.75) is 32.9 Å². The van der Waals surface area contributed by atoms with E-state index in [-0.39, 0.29) is 12.1 Å². The Bertz CT molecular complexity index is 450. The van der Waals surface area contributed by atoms with E-state index in [1.807, 2.05) is 0 Å². The molecular weight excluding hydrogens is 258 g/mol. The van der Waals surface area contributed by atoms with Crippen LogP contribution in [-0.2, 0) is 11.3 Å². The number of amides is 1. The third-order valence-electron chi connectivity index (χ3n) is 1.96. The maximum atomic E-state index is 13.0. The van der Waals surface area contributed by atoms with E-state index >= 15 is 0 Å². The summed E-state index contributed by atoms with van der Waals surface area (Å²) in [5.41, 5.74) is 4.27. The number of rotatable bonds is 3. The highest BCUT2D eigenvalue weighted by Gasteiger charge is 2.15. The van der Waals surface area contributed by atoms with Crippen LogP contribution in [0, 0.1) is 11.6 Å². The van der Waals surface area contributed by atoms with Crippen LogP contribution in [0.25, 0.3) is 0 Å². The van der Waals surface area contributed by atoms with Gasteiger partial charge < -0.3 is 9.84 Å². The lowest BCUT2D eigenvalue weighted by Gasteiger charge is -2.19. The molecule has 1 amide bonds. The van der Waals surface area contributed by atoms with E-state index in [2.05, 4.69) is 10.9 Å². The topological polar surface area (TPSA) is 70.6 Å². The van der Waals surface area contributed by atoms with Crippen molar-refractivity contribution in [2.24, 2.45) is 0 Å². The molecule has 0 fully saturated rings. The van der Waals surface area contributed by atoms with Gasteiger partial charge in [-0.2, -0.15) is 0 Å². The van der Waals surface area contributed by atoms with Crippen LogP contribution >= 0.6 is 0 Å². The van der Waals surface area contributed by atoms with Gasteiger partial charge in [0.1, 0.15) is 5.60 Å². The number of phenols is 1. The van der Waals surface area contributed by atoms with Gasteiger partial charge in [-0.3, -0.25) is 5.43 Å². The van der Waals surface area contributed by atoms with Crippen molar-refractivity contribution in [1.29, 1.82) is 0 Å². The summed E-state index contributed by atoms with van der Waals surface area (Å²) in [5, 5.41) is 8.91. The van der Waals surface area contributed by atoms with E-state index in [0.29, 0.717) is 0 Å². The molecule has 19 heavy (non-hydrogen) atoms. The fourth-order valence-corrected chi connectivity index (χ4v) is 1.24. The van der Waals surface area contributed by atoms with Gasteiger partial charge in [0.15, 0.2) is 17.4 Å². The quantitative estimate of drug-likeness (QED) is 0.739. The molecule has 0 atom stereocenters. The van der Waals surface area contributed by atoms with Gasteiger partial charge >= 0.3 is 6.09 Å². The number of phenolic OH excluding ortho intramolecular Hbond substituents is 1. The Labute approximate surface area is 109 Å². The fraction of sp³-hybridized carbons (Fsp3) is 0.417. The van der Waals surface area contributed by atoms with Gasteiger partial charge in [-0.05, 0) is 38.5 Å². The zero-order valence-corrected chi connectivity index (χ0v) is 10.9. The Hall–Kier alpha value is -1.89. The third-order valence-corrected chi connectivity index (χ3v) is 1.96. The number of hydrazine groups is 1. The van der Waals surface area contributed by atoms with Gasteiger partial charge in [-0.1, -0.05) is 0 Å². The Morgan fingerprint density at radius 1 is 1.32 bits per heavy atom. The molecule has 0 saturated heterocycles. The molecule has 0 aromatic heterocycles. The number of aromatic hydroxyl groups is 1. The number of hydrogen-bond acceptors (Lipinski definition) is 4. The smallest absolute Gasteiger partial charge is 0.422 e. The highest BCUT2D eigenvalue weighted by atomic mass is 19.1. The summed E-state index contributed by atoms with van der Waals surface area (Å²) in [6.07, 6.45) is -0.702. The zero-order chi connectivity index (χ0) is 14.6.